The van der Waals surface area contributed by atoms with E-state index < -0.39 is 11.4 Å². The minimum atomic E-state index is -0.660. The molecule has 2 aliphatic heterocycles. The summed E-state index contributed by atoms with van der Waals surface area (Å²) in [5.41, 5.74) is 1.95. The van der Waals surface area contributed by atoms with E-state index in [0.29, 0.717) is 26.2 Å². The number of carbonyl (C=O) groups is 1. The van der Waals surface area contributed by atoms with Gasteiger partial charge in [0.15, 0.2) is 0 Å². The number of carboxylic acid groups (broad SMARTS) is 1. The third kappa shape index (κ3) is 2.13. The van der Waals surface area contributed by atoms with Gasteiger partial charge in [0.25, 0.3) is 0 Å². The second-order valence-electron chi connectivity index (χ2n) is 5.89. The fourth-order valence-corrected chi connectivity index (χ4v) is 3.45. The van der Waals surface area contributed by atoms with Crippen molar-refractivity contribution in [3.8, 4) is 0 Å². The molecule has 1 saturated heterocycles. The van der Waals surface area contributed by atoms with Crippen LogP contribution in [0.2, 0.25) is 0 Å². The summed E-state index contributed by atoms with van der Waals surface area (Å²) in [5, 5.41) is 9.52. The Balaban J connectivity index is 1.84. The van der Waals surface area contributed by atoms with Crippen molar-refractivity contribution in [2.45, 2.75) is 32.4 Å². The Labute approximate surface area is 119 Å². The van der Waals surface area contributed by atoms with Crippen LogP contribution in [-0.2, 0) is 16.1 Å². The van der Waals surface area contributed by atoms with E-state index in [1.54, 1.807) is 0 Å². The van der Waals surface area contributed by atoms with E-state index in [4.69, 9.17) is 4.74 Å². The van der Waals surface area contributed by atoms with Gasteiger partial charge in [0, 0.05) is 13.1 Å². The van der Waals surface area contributed by atoms with Gasteiger partial charge in [-0.25, -0.2) is 0 Å². The Morgan fingerprint density at radius 2 is 2.30 bits per heavy atom. The Bertz CT molecular complexity index is 516. The lowest BCUT2D eigenvalue weighted by Gasteiger charge is -2.34. The van der Waals surface area contributed by atoms with E-state index in [0.717, 1.165) is 13.0 Å². The summed E-state index contributed by atoms with van der Waals surface area (Å²) in [6, 6.07) is 8.53. The average Bonchev–Trinajstić information content (AvgIpc) is 2.92. The quantitative estimate of drug-likeness (QED) is 0.920. The monoisotopic (exact) mass is 275 g/mol. The molecule has 108 valence electrons. The summed E-state index contributed by atoms with van der Waals surface area (Å²) in [4.78, 5) is 13.9. The van der Waals surface area contributed by atoms with Crippen LogP contribution < -0.4 is 0 Å². The van der Waals surface area contributed by atoms with Crippen LogP contribution in [0.4, 0.5) is 0 Å². The number of nitrogens with zero attached hydrogens (tertiary/aromatic N) is 1. The Morgan fingerprint density at radius 3 is 3.00 bits per heavy atom. The van der Waals surface area contributed by atoms with Crippen LogP contribution in [0.15, 0.2) is 24.3 Å². The van der Waals surface area contributed by atoms with Crippen molar-refractivity contribution in [3.05, 3.63) is 35.4 Å². The van der Waals surface area contributed by atoms with Crippen molar-refractivity contribution in [1.82, 2.24) is 4.90 Å². The fourth-order valence-electron chi connectivity index (χ4n) is 3.45. The number of hydrogen-bond donors (Lipinski definition) is 1. The lowest BCUT2D eigenvalue weighted by atomic mass is 9.84. The van der Waals surface area contributed by atoms with Gasteiger partial charge >= 0.3 is 5.97 Å². The Hall–Kier alpha value is -1.39. The zero-order valence-electron chi connectivity index (χ0n) is 11.8. The number of benzene rings is 1. The SMILES string of the molecule is CCC1(C(=O)O)CCN(C2COCc3ccccc32)C1. The molecule has 3 rings (SSSR count). The van der Waals surface area contributed by atoms with Crippen molar-refractivity contribution in [2.24, 2.45) is 5.41 Å². The maximum atomic E-state index is 11.6. The van der Waals surface area contributed by atoms with Gasteiger partial charge in [0.2, 0.25) is 0 Å². The van der Waals surface area contributed by atoms with Gasteiger partial charge in [0.05, 0.1) is 24.7 Å². The number of ether oxygens (including phenoxy) is 1. The fraction of sp³-hybridized carbons (Fsp3) is 0.562. The maximum Gasteiger partial charge on any atom is 0.310 e. The Kier molecular flexibility index (Phi) is 3.52. The summed E-state index contributed by atoms with van der Waals surface area (Å²) >= 11 is 0. The number of carboxylic acids is 1. The topological polar surface area (TPSA) is 49.8 Å². The summed E-state index contributed by atoms with van der Waals surface area (Å²) in [7, 11) is 0. The van der Waals surface area contributed by atoms with Crippen molar-refractivity contribution < 1.29 is 14.6 Å². The molecule has 1 aromatic rings. The molecule has 0 aliphatic carbocycles. The zero-order valence-corrected chi connectivity index (χ0v) is 11.8. The highest BCUT2D eigenvalue weighted by atomic mass is 16.5. The van der Waals surface area contributed by atoms with E-state index in [2.05, 4.69) is 23.1 Å². The van der Waals surface area contributed by atoms with Gasteiger partial charge in [-0.2, -0.15) is 0 Å². The lowest BCUT2D eigenvalue weighted by molar-refractivity contribution is -0.148. The van der Waals surface area contributed by atoms with Crippen LogP contribution in [0.25, 0.3) is 0 Å². The molecule has 0 spiro atoms. The number of hydrogen-bond acceptors (Lipinski definition) is 3. The molecular weight excluding hydrogens is 254 g/mol. The molecule has 0 radical (unpaired) electrons. The molecule has 2 aliphatic rings. The van der Waals surface area contributed by atoms with E-state index in [9.17, 15) is 9.90 Å². The molecule has 0 saturated carbocycles. The number of rotatable bonds is 3. The third-order valence-electron chi connectivity index (χ3n) is 4.90. The van der Waals surface area contributed by atoms with Crippen molar-refractivity contribution in [3.63, 3.8) is 0 Å². The van der Waals surface area contributed by atoms with Gasteiger partial charge in [-0.05, 0) is 24.0 Å². The van der Waals surface area contributed by atoms with Gasteiger partial charge in [-0.15, -0.1) is 0 Å². The molecule has 1 aromatic carbocycles. The predicted molar refractivity (Wildman–Crippen MR) is 75.4 cm³/mol. The molecule has 20 heavy (non-hydrogen) atoms. The molecule has 2 unspecified atom stereocenters. The average molecular weight is 275 g/mol. The minimum absolute atomic E-state index is 0.202. The highest BCUT2D eigenvalue weighted by Gasteiger charge is 2.45. The van der Waals surface area contributed by atoms with Gasteiger partial charge in [0.1, 0.15) is 0 Å². The first-order valence-electron chi connectivity index (χ1n) is 7.29. The van der Waals surface area contributed by atoms with Crippen molar-refractivity contribution >= 4 is 5.97 Å². The van der Waals surface area contributed by atoms with Crippen LogP contribution >= 0.6 is 0 Å². The van der Waals surface area contributed by atoms with Gasteiger partial charge in [-0.1, -0.05) is 31.2 Å². The maximum absolute atomic E-state index is 11.6. The van der Waals surface area contributed by atoms with E-state index in [1.807, 2.05) is 13.0 Å². The number of fused-ring (bicyclic) bond motifs is 1. The van der Waals surface area contributed by atoms with Crippen LogP contribution in [0.1, 0.15) is 36.9 Å². The molecule has 0 amide bonds. The summed E-state index contributed by atoms with van der Waals surface area (Å²) in [6.45, 7) is 4.77. The third-order valence-corrected chi connectivity index (χ3v) is 4.90. The smallest absolute Gasteiger partial charge is 0.310 e. The molecule has 4 heteroatoms. The molecule has 0 aromatic heterocycles. The standard InChI is InChI=1S/C16H21NO3/c1-2-16(15(18)19)7-8-17(11-16)14-10-20-9-12-5-3-4-6-13(12)14/h3-6,14H,2,7-11H2,1H3,(H,18,19). The minimum Gasteiger partial charge on any atom is -0.481 e. The lowest BCUT2D eigenvalue weighted by Crippen LogP contribution is -2.38. The summed E-state index contributed by atoms with van der Waals surface area (Å²) in [6.07, 6.45) is 1.42. The van der Waals surface area contributed by atoms with E-state index in [-0.39, 0.29) is 6.04 Å². The molecular formula is C16H21NO3. The first-order valence-corrected chi connectivity index (χ1v) is 7.29. The molecule has 4 nitrogen and oxygen atoms in total. The van der Waals surface area contributed by atoms with E-state index in [1.165, 1.54) is 11.1 Å². The zero-order chi connectivity index (χ0) is 14.2. The normalized spacial score (nSPS) is 30.1. The molecule has 1 fully saturated rings. The van der Waals surface area contributed by atoms with Crippen LogP contribution in [0.3, 0.4) is 0 Å². The summed E-state index contributed by atoms with van der Waals surface area (Å²) in [5.74, 6) is -0.660. The highest BCUT2D eigenvalue weighted by Crippen LogP contribution is 2.40. The molecule has 1 N–H and O–H groups in total. The van der Waals surface area contributed by atoms with Crippen LogP contribution in [-0.4, -0.2) is 35.7 Å². The molecule has 2 heterocycles. The van der Waals surface area contributed by atoms with Gasteiger partial charge in [-0.3, -0.25) is 9.69 Å². The largest absolute Gasteiger partial charge is 0.481 e. The predicted octanol–water partition coefficient (Wildman–Crippen LogP) is 2.44. The van der Waals surface area contributed by atoms with Crippen molar-refractivity contribution in [1.29, 1.82) is 0 Å². The number of likely N-dealkylation sites (tertiary alicyclic amines) is 1. The van der Waals surface area contributed by atoms with Crippen LogP contribution in [0.5, 0.6) is 0 Å². The van der Waals surface area contributed by atoms with Crippen molar-refractivity contribution in [2.75, 3.05) is 19.7 Å². The first kappa shape index (κ1) is 13.6. The number of aliphatic carboxylic acids is 1. The second-order valence-corrected chi connectivity index (χ2v) is 5.89. The van der Waals surface area contributed by atoms with Gasteiger partial charge < -0.3 is 9.84 Å². The molecule has 2 atom stereocenters. The summed E-state index contributed by atoms with van der Waals surface area (Å²) < 4.78 is 5.69. The first-order chi connectivity index (χ1) is 9.66. The van der Waals surface area contributed by atoms with E-state index >= 15 is 0 Å². The van der Waals surface area contributed by atoms with Crippen LogP contribution in [0, 0.1) is 5.41 Å². The molecule has 0 bridgehead atoms. The Morgan fingerprint density at radius 1 is 1.50 bits per heavy atom. The second kappa shape index (κ2) is 5.19. The highest BCUT2D eigenvalue weighted by molar-refractivity contribution is 5.75.